The second-order valence-corrected chi connectivity index (χ2v) is 6.17. The highest BCUT2D eigenvalue weighted by Crippen LogP contribution is 2.21. The van der Waals surface area contributed by atoms with Crippen molar-refractivity contribution in [3.63, 3.8) is 0 Å². The van der Waals surface area contributed by atoms with Crippen LogP contribution in [0.5, 0.6) is 0 Å². The number of rotatable bonds is 3. The van der Waals surface area contributed by atoms with Crippen LogP contribution in [0, 0.1) is 5.92 Å². The number of aromatic nitrogens is 3. The number of hydrogen-bond donors (Lipinski definition) is 1. The van der Waals surface area contributed by atoms with Crippen molar-refractivity contribution in [2.24, 2.45) is 5.92 Å². The second kappa shape index (κ2) is 6.31. The number of nitrogens with zero attached hydrogens (tertiary/aromatic N) is 4. The van der Waals surface area contributed by atoms with E-state index in [1.165, 1.54) is 5.56 Å². The average molecular weight is 321 g/mol. The highest BCUT2D eigenvalue weighted by Gasteiger charge is 2.27. The molecule has 0 spiro atoms. The van der Waals surface area contributed by atoms with Crippen molar-refractivity contribution in [1.82, 2.24) is 19.5 Å². The number of anilines is 1. The van der Waals surface area contributed by atoms with E-state index in [1.807, 2.05) is 35.4 Å². The lowest BCUT2D eigenvalue weighted by molar-refractivity contribution is 0.220. The van der Waals surface area contributed by atoms with E-state index < -0.39 is 0 Å². The average Bonchev–Trinajstić information content (AvgIpc) is 3.24. The zero-order chi connectivity index (χ0) is 16.4. The van der Waals surface area contributed by atoms with Crippen LogP contribution in [0.1, 0.15) is 12.0 Å². The lowest BCUT2D eigenvalue weighted by Gasteiger charge is -2.16. The third-order valence-electron chi connectivity index (χ3n) is 4.47. The molecular weight excluding hydrogens is 302 g/mol. The van der Waals surface area contributed by atoms with Gasteiger partial charge in [0.1, 0.15) is 0 Å². The summed E-state index contributed by atoms with van der Waals surface area (Å²) in [5.74, 6) is 0.968. The van der Waals surface area contributed by atoms with Crippen LogP contribution < -0.4 is 5.32 Å². The molecule has 3 aromatic rings. The van der Waals surface area contributed by atoms with Gasteiger partial charge in [0.15, 0.2) is 5.65 Å². The molecule has 1 N–H and O–H groups in total. The Morgan fingerprint density at radius 3 is 2.83 bits per heavy atom. The first kappa shape index (κ1) is 14.7. The maximum Gasteiger partial charge on any atom is 0.324 e. The summed E-state index contributed by atoms with van der Waals surface area (Å²) in [6.45, 7) is 1.55. The van der Waals surface area contributed by atoms with Crippen LogP contribution in [0.15, 0.2) is 54.7 Å². The Morgan fingerprint density at radius 1 is 1.12 bits per heavy atom. The van der Waals surface area contributed by atoms with Gasteiger partial charge in [-0.3, -0.25) is 9.72 Å². The van der Waals surface area contributed by atoms with Gasteiger partial charge in [-0.25, -0.2) is 4.79 Å². The molecule has 2 aromatic heterocycles. The number of amides is 2. The van der Waals surface area contributed by atoms with Crippen LogP contribution in [-0.2, 0) is 6.42 Å². The zero-order valence-corrected chi connectivity index (χ0v) is 13.3. The molecule has 0 bridgehead atoms. The molecule has 1 aliphatic rings. The van der Waals surface area contributed by atoms with Crippen LogP contribution >= 0.6 is 0 Å². The highest BCUT2D eigenvalue weighted by atomic mass is 16.2. The van der Waals surface area contributed by atoms with E-state index in [2.05, 4.69) is 39.8 Å². The van der Waals surface area contributed by atoms with Crippen LogP contribution in [0.3, 0.4) is 0 Å². The monoisotopic (exact) mass is 321 g/mol. The number of fused-ring (bicyclic) bond motifs is 1. The zero-order valence-electron chi connectivity index (χ0n) is 13.3. The molecule has 6 heteroatoms. The number of nitrogens with one attached hydrogen (secondary N) is 1. The molecule has 1 aliphatic heterocycles. The Balaban J connectivity index is 1.39. The summed E-state index contributed by atoms with van der Waals surface area (Å²) in [5.41, 5.74) is 2.05. The predicted molar refractivity (Wildman–Crippen MR) is 91.8 cm³/mol. The van der Waals surface area contributed by atoms with Gasteiger partial charge >= 0.3 is 6.03 Å². The van der Waals surface area contributed by atoms with Gasteiger partial charge < -0.3 is 4.90 Å². The summed E-state index contributed by atoms with van der Waals surface area (Å²) in [4.78, 5) is 14.3. The summed E-state index contributed by atoms with van der Waals surface area (Å²) in [6, 6.07) is 16.0. The van der Waals surface area contributed by atoms with E-state index in [0.29, 0.717) is 11.9 Å². The normalized spacial score (nSPS) is 17.3. The minimum Gasteiger partial charge on any atom is -0.324 e. The number of pyridine rings is 1. The van der Waals surface area contributed by atoms with Gasteiger partial charge in [0, 0.05) is 19.3 Å². The van der Waals surface area contributed by atoms with Crippen molar-refractivity contribution < 1.29 is 4.79 Å². The van der Waals surface area contributed by atoms with Crippen LogP contribution in [0.4, 0.5) is 10.7 Å². The number of carbonyl (C=O) groups is 1. The molecule has 24 heavy (non-hydrogen) atoms. The lowest BCUT2D eigenvalue weighted by Crippen LogP contribution is -2.33. The van der Waals surface area contributed by atoms with Gasteiger partial charge in [0.2, 0.25) is 5.95 Å². The predicted octanol–water partition coefficient (Wildman–Crippen LogP) is 2.83. The number of carbonyl (C=O) groups excluding carboxylic acids is 1. The summed E-state index contributed by atoms with van der Waals surface area (Å²) >= 11 is 0. The van der Waals surface area contributed by atoms with Crippen LogP contribution in [0.2, 0.25) is 0 Å². The molecule has 0 unspecified atom stereocenters. The number of hydrogen-bond acceptors (Lipinski definition) is 3. The van der Waals surface area contributed by atoms with Gasteiger partial charge in [-0.15, -0.1) is 10.2 Å². The largest absolute Gasteiger partial charge is 0.324 e. The van der Waals surface area contributed by atoms with Crippen molar-refractivity contribution in [3.05, 3.63) is 60.3 Å². The van der Waals surface area contributed by atoms with Crippen molar-refractivity contribution >= 4 is 17.6 Å². The van der Waals surface area contributed by atoms with E-state index in [9.17, 15) is 4.79 Å². The smallest absolute Gasteiger partial charge is 0.324 e. The highest BCUT2D eigenvalue weighted by molar-refractivity contribution is 5.88. The third-order valence-corrected chi connectivity index (χ3v) is 4.47. The molecular formula is C18H19N5O. The molecule has 2 amide bonds. The summed E-state index contributed by atoms with van der Waals surface area (Å²) in [7, 11) is 0. The molecule has 1 aromatic carbocycles. The first-order valence-corrected chi connectivity index (χ1v) is 8.19. The number of likely N-dealkylation sites (tertiary alicyclic amines) is 1. The second-order valence-electron chi connectivity index (χ2n) is 6.17. The summed E-state index contributed by atoms with van der Waals surface area (Å²) in [6.07, 6.45) is 3.88. The molecule has 6 nitrogen and oxygen atoms in total. The molecule has 0 radical (unpaired) electrons. The SMILES string of the molecule is O=C(Nc1nnc2ccccn12)N1CC[C@H](Cc2ccccc2)C1. The Morgan fingerprint density at radius 2 is 1.96 bits per heavy atom. The third kappa shape index (κ3) is 2.95. The molecule has 3 heterocycles. The fraction of sp³-hybridized carbons (Fsp3) is 0.278. The van der Waals surface area contributed by atoms with Crippen LogP contribution in [0.25, 0.3) is 5.65 Å². The molecule has 1 atom stereocenters. The standard InChI is InChI=1S/C18H19N5O/c24-18(19-17-21-20-16-8-4-5-10-23(16)17)22-11-9-15(13-22)12-14-6-2-1-3-7-14/h1-8,10,15H,9,11-13H2,(H,19,21,24)/t15-/m1/s1. The van der Waals surface area contributed by atoms with E-state index in [-0.39, 0.29) is 6.03 Å². The van der Waals surface area contributed by atoms with Gasteiger partial charge in [0.05, 0.1) is 0 Å². The Kier molecular flexibility index (Phi) is 3.86. The fourth-order valence-electron chi connectivity index (χ4n) is 3.23. The lowest BCUT2D eigenvalue weighted by atomic mass is 9.99. The molecule has 1 saturated heterocycles. The van der Waals surface area contributed by atoms with E-state index in [0.717, 1.165) is 31.6 Å². The minimum atomic E-state index is -0.108. The van der Waals surface area contributed by atoms with Gasteiger partial charge in [-0.2, -0.15) is 0 Å². The molecule has 1 fully saturated rings. The minimum absolute atomic E-state index is 0.108. The van der Waals surface area contributed by atoms with Gasteiger partial charge in [-0.1, -0.05) is 36.4 Å². The van der Waals surface area contributed by atoms with Gasteiger partial charge in [0.25, 0.3) is 0 Å². The van der Waals surface area contributed by atoms with E-state index >= 15 is 0 Å². The Hall–Kier alpha value is -2.89. The number of benzene rings is 1. The Bertz CT molecular complexity index is 845. The molecule has 0 saturated carbocycles. The molecule has 0 aliphatic carbocycles. The van der Waals surface area contributed by atoms with Gasteiger partial charge in [-0.05, 0) is 36.5 Å². The maximum atomic E-state index is 12.5. The quantitative estimate of drug-likeness (QED) is 0.807. The first-order chi connectivity index (χ1) is 11.8. The van der Waals surface area contributed by atoms with Crippen LogP contribution in [-0.4, -0.2) is 38.6 Å². The van der Waals surface area contributed by atoms with E-state index in [1.54, 1.807) is 4.40 Å². The Labute approximate surface area is 140 Å². The maximum absolute atomic E-state index is 12.5. The molecule has 4 rings (SSSR count). The molecule has 122 valence electrons. The fourth-order valence-corrected chi connectivity index (χ4v) is 3.23. The summed E-state index contributed by atoms with van der Waals surface area (Å²) < 4.78 is 1.77. The van der Waals surface area contributed by atoms with E-state index in [4.69, 9.17) is 0 Å². The van der Waals surface area contributed by atoms with Crippen molar-refractivity contribution in [1.29, 1.82) is 0 Å². The van der Waals surface area contributed by atoms with Crippen molar-refractivity contribution in [3.8, 4) is 0 Å². The number of urea groups is 1. The van der Waals surface area contributed by atoms with Crippen molar-refractivity contribution in [2.45, 2.75) is 12.8 Å². The first-order valence-electron chi connectivity index (χ1n) is 8.19. The summed E-state index contributed by atoms with van der Waals surface area (Å²) in [5, 5.41) is 11.0. The van der Waals surface area contributed by atoms with Crippen molar-refractivity contribution in [2.75, 3.05) is 18.4 Å². The topological polar surface area (TPSA) is 62.5 Å².